The molecule has 0 amide bonds. The van der Waals surface area contributed by atoms with Crippen LogP contribution in [0.25, 0.3) is 6.08 Å². The van der Waals surface area contributed by atoms with Gasteiger partial charge in [0, 0.05) is 0 Å². The van der Waals surface area contributed by atoms with Crippen molar-refractivity contribution in [2.24, 2.45) is 4.99 Å². The van der Waals surface area contributed by atoms with E-state index in [2.05, 4.69) is 11.9 Å². The number of thiazole rings is 1. The molecule has 0 saturated heterocycles. The number of allylic oxidation sites excluding steroid dienone is 1. The largest absolute Gasteiger partial charge is 0.494 e. The number of carbonyl (C=O) groups is 1. The maximum atomic E-state index is 13.5. The van der Waals surface area contributed by atoms with E-state index < -0.39 is 12.0 Å². The van der Waals surface area contributed by atoms with Crippen molar-refractivity contribution < 1.29 is 14.3 Å². The van der Waals surface area contributed by atoms with Crippen LogP contribution in [0.15, 0.2) is 75.7 Å². The molecular formula is C26H26N2O4S. The van der Waals surface area contributed by atoms with E-state index in [1.807, 2.05) is 60.7 Å². The summed E-state index contributed by atoms with van der Waals surface area (Å²) >= 11 is 1.31. The standard InChI is InChI=1S/C26H26N2O4S/c1-4-5-15-32-20-13-11-18(12-14-20)16-21-24(29)28-23(19-9-7-6-8-10-19)22(25(30)31-3)17(2)27-26(28)33-21/h6-14,16,23H,4-5,15H2,1-3H3/b21-16-/t23-/m1/s1. The summed E-state index contributed by atoms with van der Waals surface area (Å²) < 4.78 is 12.9. The highest BCUT2D eigenvalue weighted by atomic mass is 32.1. The number of nitrogens with zero attached hydrogens (tertiary/aromatic N) is 2. The zero-order chi connectivity index (χ0) is 23.4. The zero-order valence-corrected chi connectivity index (χ0v) is 19.7. The van der Waals surface area contributed by atoms with Crippen LogP contribution < -0.4 is 19.6 Å². The molecule has 1 aromatic heterocycles. The number of aromatic nitrogens is 1. The van der Waals surface area contributed by atoms with Gasteiger partial charge in [-0.3, -0.25) is 9.36 Å². The van der Waals surface area contributed by atoms with Crippen molar-refractivity contribution in [3.63, 3.8) is 0 Å². The van der Waals surface area contributed by atoms with Gasteiger partial charge < -0.3 is 9.47 Å². The quantitative estimate of drug-likeness (QED) is 0.398. The summed E-state index contributed by atoms with van der Waals surface area (Å²) in [6.07, 6.45) is 3.94. The summed E-state index contributed by atoms with van der Waals surface area (Å²) in [4.78, 5) is 31.3. The first kappa shape index (κ1) is 22.7. The molecule has 1 atom stereocenters. The summed E-state index contributed by atoms with van der Waals surface area (Å²) in [5.41, 5.74) is 2.45. The Morgan fingerprint density at radius 2 is 1.88 bits per heavy atom. The summed E-state index contributed by atoms with van der Waals surface area (Å²) in [6, 6.07) is 16.6. The van der Waals surface area contributed by atoms with E-state index in [-0.39, 0.29) is 5.56 Å². The van der Waals surface area contributed by atoms with E-state index in [9.17, 15) is 9.59 Å². The third kappa shape index (κ3) is 4.68. The second kappa shape index (κ2) is 10.0. The van der Waals surface area contributed by atoms with Gasteiger partial charge in [-0.1, -0.05) is 67.1 Å². The van der Waals surface area contributed by atoms with E-state index in [4.69, 9.17) is 9.47 Å². The van der Waals surface area contributed by atoms with Crippen molar-refractivity contribution in [2.45, 2.75) is 32.7 Å². The number of esters is 1. The number of hydrogen-bond donors (Lipinski definition) is 0. The highest BCUT2D eigenvalue weighted by molar-refractivity contribution is 7.07. The van der Waals surface area contributed by atoms with Crippen LogP contribution in [0.2, 0.25) is 0 Å². The molecule has 0 radical (unpaired) electrons. The molecule has 3 aromatic rings. The molecule has 0 spiro atoms. The van der Waals surface area contributed by atoms with E-state index in [0.29, 0.717) is 27.2 Å². The highest BCUT2D eigenvalue weighted by Gasteiger charge is 2.32. The fourth-order valence-electron chi connectivity index (χ4n) is 3.79. The summed E-state index contributed by atoms with van der Waals surface area (Å²) in [5.74, 6) is 0.322. The molecule has 0 unspecified atom stereocenters. The van der Waals surface area contributed by atoms with Gasteiger partial charge in [-0.05, 0) is 42.7 Å². The third-order valence-electron chi connectivity index (χ3n) is 5.49. The average molecular weight is 463 g/mol. The third-order valence-corrected chi connectivity index (χ3v) is 6.47. The van der Waals surface area contributed by atoms with Crippen LogP contribution in [0.5, 0.6) is 5.75 Å². The fraction of sp³-hybridized carbons (Fsp3) is 0.269. The highest BCUT2D eigenvalue weighted by Crippen LogP contribution is 2.30. The number of hydrogen-bond acceptors (Lipinski definition) is 6. The van der Waals surface area contributed by atoms with Gasteiger partial charge in [0.1, 0.15) is 5.75 Å². The molecule has 170 valence electrons. The molecule has 1 aliphatic heterocycles. The van der Waals surface area contributed by atoms with Gasteiger partial charge in [0.05, 0.1) is 35.6 Å². The van der Waals surface area contributed by atoms with Crippen molar-refractivity contribution in [3.05, 3.63) is 96.7 Å². The maximum absolute atomic E-state index is 13.5. The van der Waals surface area contributed by atoms with Gasteiger partial charge in [0.2, 0.25) is 0 Å². The SMILES string of the molecule is CCCCOc1ccc(/C=c2\sc3n(c2=O)[C@H](c2ccccc2)C(C(=O)OC)=C(C)N=3)cc1. The Morgan fingerprint density at radius 1 is 1.15 bits per heavy atom. The molecular weight excluding hydrogens is 436 g/mol. The van der Waals surface area contributed by atoms with Crippen LogP contribution in [0.4, 0.5) is 0 Å². The van der Waals surface area contributed by atoms with Gasteiger partial charge in [0.15, 0.2) is 4.80 Å². The zero-order valence-electron chi connectivity index (χ0n) is 18.9. The number of benzene rings is 2. The smallest absolute Gasteiger partial charge is 0.338 e. The van der Waals surface area contributed by atoms with Crippen LogP contribution >= 0.6 is 11.3 Å². The van der Waals surface area contributed by atoms with E-state index >= 15 is 0 Å². The van der Waals surface area contributed by atoms with Gasteiger partial charge in [0.25, 0.3) is 5.56 Å². The van der Waals surface area contributed by atoms with Crippen LogP contribution in [0, 0.1) is 0 Å². The van der Waals surface area contributed by atoms with Crippen molar-refractivity contribution in [1.29, 1.82) is 0 Å². The van der Waals surface area contributed by atoms with Gasteiger partial charge in [-0.2, -0.15) is 0 Å². The average Bonchev–Trinajstić information content (AvgIpc) is 3.14. The van der Waals surface area contributed by atoms with Crippen molar-refractivity contribution in [1.82, 2.24) is 4.57 Å². The molecule has 33 heavy (non-hydrogen) atoms. The lowest BCUT2D eigenvalue weighted by atomic mass is 9.96. The van der Waals surface area contributed by atoms with Gasteiger partial charge in [-0.15, -0.1) is 0 Å². The Hall–Kier alpha value is -3.45. The van der Waals surface area contributed by atoms with Crippen LogP contribution in [0.1, 0.15) is 43.9 Å². The molecule has 0 N–H and O–H groups in total. The van der Waals surface area contributed by atoms with E-state index in [1.165, 1.54) is 18.4 Å². The first-order chi connectivity index (χ1) is 16.0. The van der Waals surface area contributed by atoms with Crippen molar-refractivity contribution >= 4 is 23.4 Å². The number of rotatable bonds is 7. The van der Waals surface area contributed by atoms with Crippen LogP contribution in [-0.4, -0.2) is 24.3 Å². The first-order valence-corrected chi connectivity index (χ1v) is 11.7. The second-order valence-corrected chi connectivity index (χ2v) is 8.76. The van der Waals surface area contributed by atoms with Gasteiger partial charge in [-0.25, -0.2) is 9.79 Å². The van der Waals surface area contributed by atoms with Gasteiger partial charge >= 0.3 is 5.97 Å². The summed E-state index contributed by atoms with van der Waals surface area (Å²) in [6.45, 7) is 4.59. The Labute approximate surface area is 196 Å². The molecule has 0 aliphatic carbocycles. The molecule has 0 fully saturated rings. The predicted molar refractivity (Wildman–Crippen MR) is 129 cm³/mol. The first-order valence-electron chi connectivity index (χ1n) is 10.9. The number of carbonyl (C=O) groups excluding carboxylic acids is 1. The fourth-order valence-corrected chi connectivity index (χ4v) is 4.84. The van der Waals surface area contributed by atoms with Crippen LogP contribution in [0.3, 0.4) is 0 Å². The molecule has 0 bridgehead atoms. The minimum absolute atomic E-state index is 0.190. The molecule has 1 aliphatic rings. The molecule has 6 nitrogen and oxygen atoms in total. The minimum Gasteiger partial charge on any atom is -0.494 e. The lowest BCUT2D eigenvalue weighted by Crippen LogP contribution is -2.39. The molecule has 2 aromatic carbocycles. The summed E-state index contributed by atoms with van der Waals surface area (Å²) in [7, 11) is 1.34. The molecule has 4 rings (SSSR count). The molecule has 7 heteroatoms. The minimum atomic E-state index is -0.591. The Morgan fingerprint density at radius 3 is 2.55 bits per heavy atom. The lowest BCUT2D eigenvalue weighted by molar-refractivity contribution is -0.136. The normalized spacial score (nSPS) is 15.7. The van der Waals surface area contributed by atoms with Crippen LogP contribution in [-0.2, 0) is 9.53 Å². The summed E-state index contributed by atoms with van der Waals surface area (Å²) in [5, 5.41) is 0. The monoisotopic (exact) mass is 462 g/mol. The number of ether oxygens (including phenoxy) is 2. The lowest BCUT2D eigenvalue weighted by Gasteiger charge is -2.24. The van der Waals surface area contributed by atoms with E-state index in [0.717, 1.165) is 29.7 Å². The van der Waals surface area contributed by atoms with Crippen molar-refractivity contribution in [2.75, 3.05) is 13.7 Å². The number of fused-ring (bicyclic) bond motifs is 1. The second-order valence-electron chi connectivity index (χ2n) is 7.76. The number of unbranched alkanes of at least 4 members (excludes halogenated alkanes) is 1. The van der Waals surface area contributed by atoms with Crippen molar-refractivity contribution in [3.8, 4) is 5.75 Å². The number of methoxy groups -OCH3 is 1. The van der Waals surface area contributed by atoms with E-state index in [1.54, 1.807) is 11.5 Å². The Balaban J connectivity index is 1.78. The molecule has 0 saturated carbocycles. The maximum Gasteiger partial charge on any atom is 0.338 e. The Bertz CT molecular complexity index is 1350. The molecule has 2 heterocycles. The Kier molecular flexibility index (Phi) is 6.89. The predicted octanol–water partition coefficient (Wildman–Crippen LogP) is 3.59. The topological polar surface area (TPSA) is 69.9 Å².